The number of hydrogen-bond acceptors (Lipinski definition) is 4. The standard InChI is InChI=1S/C15H18ClN5O2/c1-10(7-21-9-17-8-19-21)20-15(22)18-6-12-5-13(16)4-11-2-3-23-14(11)12/h4-5,8-10H,2-3,6-7H2,1H3,(H2,18,20,22). The van der Waals surface area contributed by atoms with Gasteiger partial charge in [0, 0.05) is 29.6 Å². The molecule has 122 valence electrons. The van der Waals surface area contributed by atoms with Crippen molar-refractivity contribution < 1.29 is 9.53 Å². The van der Waals surface area contributed by atoms with Gasteiger partial charge >= 0.3 is 6.03 Å². The van der Waals surface area contributed by atoms with Crippen molar-refractivity contribution in [2.75, 3.05) is 6.61 Å². The van der Waals surface area contributed by atoms with Crippen molar-refractivity contribution in [3.63, 3.8) is 0 Å². The van der Waals surface area contributed by atoms with E-state index >= 15 is 0 Å². The molecule has 1 unspecified atom stereocenters. The lowest BCUT2D eigenvalue weighted by Crippen LogP contribution is -2.42. The molecule has 3 rings (SSSR count). The molecule has 2 aromatic rings. The minimum atomic E-state index is -0.246. The molecule has 7 nitrogen and oxygen atoms in total. The first-order chi connectivity index (χ1) is 11.1. The molecule has 1 aliphatic rings. The first-order valence-electron chi connectivity index (χ1n) is 7.42. The summed E-state index contributed by atoms with van der Waals surface area (Å²) in [5.41, 5.74) is 1.98. The van der Waals surface area contributed by atoms with Crippen LogP contribution in [-0.2, 0) is 19.5 Å². The Hall–Kier alpha value is -2.28. The van der Waals surface area contributed by atoms with Crippen molar-refractivity contribution in [3.05, 3.63) is 40.9 Å². The molecule has 0 saturated heterocycles. The van der Waals surface area contributed by atoms with Crippen LogP contribution in [0.4, 0.5) is 4.79 Å². The van der Waals surface area contributed by atoms with E-state index < -0.39 is 0 Å². The second-order valence-corrected chi connectivity index (χ2v) is 5.93. The lowest BCUT2D eigenvalue weighted by Gasteiger charge is -2.15. The fourth-order valence-corrected chi connectivity index (χ4v) is 2.84. The van der Waals surface area contributed by atoms with E-state index in [1.54, 1.807) is 11.0 Å². The van der Waals surface area contributed by atoms with E-state index in [2.05, 4.69) is 20.7 Å². The Labute approximate surface area is 139 Å². The molecule has 0 radical (unpaired) electrons. The van der Waals surface area contributed by atoms with Crippen molar-refractivity contribution in [3.8, 4) is 5.75 Å². The number of fused-ring (bicyclic) bond motifs is 1. The second-order valence-electron chi connectivity index (χ2n) is 5.50. The van der Waals surface area contributed by atoms with Crippen LogP contribution in [0.5, 0.6) is 5.75 Å². The maximum atomic E-state index is 12.0. The first kappa shape index (κ1) is 15.6. The molecule has 1 atom stereocenters. The molecule has 0 saturated carbocycles. The van der Waals surface area contributed by atoms with Gasteiger partial charge in [0.25, 0.3) is 0 Å². The van der Waals surface area contributed by atoms with Gasteiger partial charge in [0.15, 0.2) is 0 Å². The Balaban J connectivity index is 1.53. The molecule has 0 fully saturated rings. The lowest BCUT2D eigenvalue weighted by molar-refractivity contribution is 0.235. The van der Waals surface area contributed by atoms with Gasteiger partial charge in [-0.3, -0.25) is 4.68 Å². The molecular weight excluding hydrogens is 318 g/mol. The van der Waals surface area contributed by atoms with E-state index in [9.17, 15) is 4.79 Å². The van der Waals surface area contributed by atoms with Gasteiger partial charge < -0.3 is 15.4 Å². The molecule has 2 N–H and O–H groups in total. The molecule has 1 aliphatic heterocycles. The predicted molar refractivity (Wildman–Crippen MR) is 85.5 cm³/mol. The number of nitrogens with zero attached hydrogens (tertiary/aromatic N) is 3. The molecule has 1 aromatic heterocycles. The zero-order valence-corrected chi connectivity index (χ0v) is 13.5. The van der Waals surface area contributed by atoms with Gasteiger partial charge in [-0.2, -0.15) is 5.10 Å². The Morgan fingerprint density at radius 1 is 1.52 bits per heavy atom. The Morgan fingerprint density at radius 2 is 2.39 bits per heavy atom. The van der Waals surface area contributed by atoms with E-state index in [1.165, 1.54) is 6.33 Å². The zero-order chi connectivity index (χ0) is 16.2. The highest BCUT2D eigenvalue weighted by Crippen LogP contribution is 2.32. The largest absolute Gasteiger partial charge is 0.493 e. The van der Waals surface area contributed by atoms with Gasteiger partial charge in [-0.1, -0.05) is 11.6 Å². The number of urea groups is 1. The number of halogens is 1. The van der Waals surface area contributed by atoms with Crippen LogP contribution < -0.4 is 15.4 Å². The van der Waals surface area contributed by atoms with Crippen LogP contribution in [0.25, 0.3) is 0 Å². The summed E-state index contributed by atoms with van der Waals surface area (Å²) in [6.45, 7) is 3.49. The molecule has 2 heterocycles. The van der Waals surface area contributed by atoms with Crippen LogP contribution >= 0.6 is 11.6 Å². The number of benzene rings is 1. The Morgan fingerprint density at radius 3 is 3.17 bits per heavy atom. The van der Waals surface area contributed by atoms with Crippen LogP contribution in [-0.4, -0.2) is 33.4 Å². The number of rotatable bonds is 5. The molecule has 23 heavy (non-hydrogen) atoms. The summed E-state index contributed by atoms with van der Waals surface area (Å²) < 4.78 is 7.29. The highest BCUT2D eigenvalue weighted by atomic mass is 35.5. The maximum Gasteiger partial charge on any atom is 0.315 e. The number of aromatic nitrogens is 3. The minimum absolute atomic E-state index is 0.0713. The molecule has 0 aliphatic carbocycles. The topological polar surface area (TPSA) is 81.1 Å². The SMILES string of the molecule is CC(Cn1cncn1)NC(=O)NCc1cc(Cl)cc2c1OCC2. The number of ether oxygens (including phenoxy) is 1. The van der Waals surface area contributed by atoms with Crippen molar-refractivity contribution >= 4 is 17.6 Å². The van der Waals surface area contributed by atoms with E-state index in [-0.39, 0.29) is 12.1 Å². The predicted octanol–water partition coefficient (Wildman–Crippen LogP) is 1.75. The van der Waals surface area contributed by atoms with Crippen molar-refractivity contribution in [1.29, 1.82) is 0 Å². The summed E-state index contributed by atoms with van der Waals surface area (Å²) in [7, 11) is 0. The third kappa shape index (κ3) is 3.92. The van der Waals surface area contributed by atoms with Crippen LogP contribution in [0.3, 0.4) is 0 Å². The van der Waals surface area contributed by atoms with Crippen LogP contribution in [0.2, 0.25) is 5.02 Å². The molecule has 8 heteroatoms. The van der Waals surface area contributed by atoms with E-state index in [1.807, 2.05) is 19.1 Å². The van der Waals surface area contributed by atoms with E-state index in [0.29, 0.717) is 24.7 Å². The van der Waals surface area contributed by atoms with E-state index in [0.717, 1.165) is 23.3 Å². The number of amides is 2. The van der Waals surface area contributed by atoms with Crippen LogP contribution in [0.1, 0.15) is 18.1 Å². The highest BCUT2D eigenvalue weighted by molar-refractivity contribution is 6.30. The van der Waals surface area contributed by atoms with Gasteiger partial charge in [-0.05, 0) is 24.6 Å². The third-order valence-electron chi connectivity index (χ3n) is 3.57. The Bertz CT molecular complexity index is 689. The fourth-order valence-electron chi connectivity index (χ4n) is 2.58. The number of carbonyl (C=O) groups is 1. The van der Waals surface area contributed by atoms with Gasteiger partial charge in [0.05, 0.1) is 13.2 Å². The molecule has 0 bridgehead atoms. The summed E-state index contributed by atoms with van der Waals surface area (Å²) in [5, 5.41) is 10.4. The second kappa shape index (κ2) is 6.87. The summed E-state index contributed by atoms with van der Waals surface area (Å²) >= 11 is 6.11. The summed E-state index contributed by atoms with van der Waals surface area (Å²) in [4.78, 5) is 15.9. The third-order valence-corrected chi connectivity index (χ3v) is 3.79. The minimum Gasteiger partial charge on any atom is -0.493 e. The molecular formula is C15H18ClN5O2. The quantitative estimate of drug-likeness (QED) is 0.872. The summed E-state index contributed by atoms with van der Waals surface area (Å²) in [6.07, 6.45) is 3.93. The van der Waals surface area contributed by atoms with Crippen LogP contribution in [0, 0.1) is 0 Å². The lowest BCUT2D eigenvalue weighted by atomic mass is 10.1. The van der Waals surface area contributed by atoms with Crippen molar-refractivity contribution in [2.24, 2.45) is 0 Å². The summed E-state index contributed by atoms with van der Waals surface area (Å²) in [6, 6.07) is 3.42. The number of nitrogens with one attached hydrogen (secondary N) is 2. The average Bonchev–Trinajstić information content (AvgIpc) is 3.15. The summed E-state index contributed by atoms with van der Waals surface area (Å²) in [5.74, 6) is 0.838. The number of hydrogen-bond donors (Lipinski definition) is 2. The number of carbonyl (C=O) groups excluding carboxylic acids is 1. The van der Waals surface area contributed by atoms with Crippen molar-refractivity contribution in [2.45, 2.75) is 32.5 Å². The molecule has 0 spiro atoms. The van der Waals surface area contributed by atoms with Crippen molar-refractivity contribution in [1.82, 2.24) is 25.4 Å². The first-order valence-corrected chi connectivity index (χ1v) is 7.80. The van der Waals surface area contributed by atoms with Gasteiger partial charge in [0.1, 0.15) is 18.4 Å². The van der Waals surface area contributed by atoms with Crippen LogP contribution in [0.15, 0.2) is 24.8 Å². The van der Waals surface area contributed by atoms with Gasteiger partial charge in [-0.15, -0.1) is 0 Å². The molecule has 2 amide bonds. The zero-order valence-electron chi connectivity index (χ0n) is 12.8. The smallest absolute Gasteiger partial charge is 0.315 e. The maximum absolute atomic E-state index is 12.0. The highest BCUT2D eigenvalue weighted by Gasteiger charge is 2.18. The fraction of sp³-hybridized carbons (Fsp3) is 0.400. The van der Waals surface area contributed by atoms with Gasteiger partial charge in [-0.25, -0.2) is 9.78 Å². The monoisotopic (exact) mass is 335 g/mol. The molecule has 1 aromatic carbocycles. The normalized spacial score (nSPS) is 14.0. The van der Waals surface area contributed by atoms with E-state index in [4.69, 9.17) is 16.3 Å². The van der Waals surface area contributed by atoms with Gasteiger partial charge in [0.2, 0.25) is 0 Å². The Kier molecular flexibility index (Phi) is 4.66. The average molecular weight is 336 g/mol.